The summed E-state index contributed by atoms with van der Waals surface area (Å²) in [5.41, 5.74) is 7.97. The van der Waals surface area contributed by atoms with Crippen LogP contribution in [0.2, 0.25) is 5.02 Å². The van der Waals surface area contributed by atoms with Crippen molar-refractivity contribution < 1.29 is 4.74 Å². The van der Waals surface area contributed by atoms with E-state index in [-0.39, 0.29) is 18.4 Å². The molecule has 0 spiro atoms. The van der Waals surface area contributed by atoms with Crippen molar-refractivity contribution in [2.45, 2.75) is 13.0 Å². The fourth-order valence-electron chi connectivity index (χ4n) is 1.87. The zero-order valence-corrected chi connectivity index (χ0v) is 11.4. The van der Waals surface area contributed by atoms with Gasteiger partial charge in [-0.3, -0.25) is 0 Å². The molecule has 0 aliphatic carbocycles. The molecule has 0 radical (unpaired) electrons. The third-order valence-electron chi connectivity index (χ3n) is 2.85. The Bertz CT molecular complexity index is 366. The number of morpholine rings is 1. The van der Waals surface area contributed by atoms with Gasteiger partial charge in [-0.1, -0.05) is 17.7 Å². The number of ether oxygens (including phenoxy) is 1. The average molecular weight is 277 g/mol. The van der Waals surface area contributed by atoms with Crippen molar-refractivity contribution >= 4 is 29.7 Å². The first kappa shape index (κ1) is 14.6. The SMILES string of the molecule is CC(N)c1ccc(N2CCOCC2)c(Cl)c1.Cl. The maximum Gasteiger partial charge on any atom is 0.0642 e. The van der Waals surface area contributed by atoms with E-state index in [0.717, 1.165) is 42.6 Å². The smallest absolute Gasteiger partial charge is 0.0642 e. The van der Waals surface area contributed by atoms with E-state index in [2.05, 4.69) is 4.90 Å². The number of halogens is 2. The Morgan fingerprint density at radius 3 is 2.53 bits per heavy atom. The molecule has 0 amide bonds. The average Bonchev–Trinajstić information content (AvgIpc) is 2.30. The summed E-state index contributed by atoms with van der Waals surface area (Å²) >= 11 is 6.27. The highest BCUT2D eigenvalue weighted by molar-refractivity contribution is 6.33. The number of anilines is 1. The van der Waals surface area contributed by atoms with Crippen molar-refractivity contribution in [1.82, 2.24) is 0 Å². The summed E-state index contributed by atoms with van der Waals surface area (Å²) in [7, 11) is 0. The molecule has 0 saturated carbocycles. The molecule has 0 bridgehead atoms. The van der Waals surface area contributed by atoms with E-state index in [9.17, 15) is 0 Å². The number of nitrogens with two attached hydrogens (primary N) is 1. The molecule has 1 unspecified atom stereocenters. The van der Waals surface area contributed by atoms with Crippen LogP contribution in [0.15, 0.2) is 18.2 Å². The van der Waals surface area contributed by atoms with Crippen LogP contribution in [0.4, 0.5) is 5.69 Å². The third kappa shape index (κ3) is 3.49. The quantitative estimate of drug-likeness (QED) is 0.903. The Labute approximate surface area is 113 Å². The fourth-order valence-corrected chi connectivity index (χ4v) is 2.18. The minimum Gasteiger partial charge on any atom is -0.378 e. The topological polar surface area (TPSA) is 38.5 Å². The van der Waals surface area contributed by atoms with Crippen LogP contribution < -0.4 is 10.6 Å². The van der Waals surface area contributed by atoms with Gasteiger partial charge < -0.3 is 15.4 Å². The van der Waals surface area contributed by atoms with E-state index in [1.807, 2.05) is 25.1 Å². The minimum atomic E-state index is 0. The van der Waals surface area contributed by atoms with Crippen molar-refractivity contribution in [3.05, 3.63) is 28.8 Å². The first-order valence-corrected chi connectivity index (χ1v) is 5.94. The molecule has 2 N–H and O–H groups in total. The number of rotatable bonds is 2. The predicted octanol–water partition coefficient (Wildman–Crippen LogP) is 2.62. The molecule has 1 heterocycles. The molecule has 1 aliphatic heterocycles. The van der Waals surface area contributed by atoms with Crippen LogP contribution in [0.3, 0.4) is 0 Å². The Hall–Kier alpha value is -0.480. The number of benzene rings is 1. The molecule has 5 heteroatoms. The highest BCUT2D eigenvalue weighted by Gasteiger charge is 2.14. The summed E-state index contributed by atoms with van der Waals surface area (Å²) in [5, 5.41) is 0.775. The summed E-state index contributed by atoms with van der Waals surface area (Å²) < 4.78 is 5.32. The van der Waals surface area contributed by atoms with Gasteiger partial charge in [-0.05, 0) is 24.6 Å². The first-order chi connectivity index (χ1) is 7.68. The summed E-state index contributed by atoms with van der Waals surface area (Å²) in [5.74, 6) is 0. The molecular weight excluding hydrogens is 259 g/mol. The standard InChI is InChI=1S/C12H17ClN2O.ClH/c1-9(14)10-2-3-12(11(13)8-10)15-4-6-16-7-5-15;/h2-3,8-9H,4-7,14H2,1H3;1H. The van der Waals surface area contributed by atoms with E-state index < -0.39 is 0 Å². The van der Waals surface area contributed by atoms with Gasteiger partial charge in [0.05, 0.1) is 23.9 Å². The lowest BCUT2D eigenvalue weighted by molar-refractivity contribution is 0.122. The van der Waals surface area contributed by atoms with Gasteiger partial charge in [-0.15, -0.1) is 12.4 Å². The molecule has 1 fully saturated rings. The van der Waals surface area contributed by atoms with Crippen LogP contribution in [-0.2, 0) is 4.74 Å². The summed E-state index contributed by atoms with van der Waals surface area (Å²) in [6, 6.07) is 6.07. The van der Waals surface area contributed by atoms with E-state index in [1.54, 1.807) is 0 Å². The number of hydrogen-bond acceptors (Lipinski definition) is 3. The lowest BCUT2D eigenvalue weighted by atomic mass is 10.1. The van der Waals surface area contributed by atoms with E-state index in [1.165, 1.54) is 0 Å². The summed E-state index contributed by atoms with van der Waals surface area (Å²) in [6.07, 6.45) is 0. The second-order valence-electron chi connectivity index (χ2n) is 4.10. The van der Waals surface area contributed by atoms with Gasteiger partial charge in [0, 0.05) is 19.1 Å². The Kier molecular flexibility index (Phi) is 5.53. The van der Waals surface area contributed by atoms with Crippen LogP contribution >= 0.6 is 24.0 Å². The Balaban J connectivity index is 0.00000144. The highest BCUT2D eigenvalue weighted by atomic mass is 35.5. The van der Waals surface area contributed by atoms with Crippen LogP contribution in [-0.4, -0.2) is 26.3 Å². The molecule has 1 aliphatic rings. The van der Waals surface area contributed by atoms with Gasteiger partial charge in [-0.2, -0.15) is 0 Å². The van der Waals surface area contributed by atoms with E-state index in [0.29, 0.717) is 0 Å². The molecule has 1 atom stereocenters. The van der Waals surface area contributed by atoms with Crippen LogP contribution in [0.25, 0.3) is 0 Å². The Morgan fingerprint density at radius 2 is 2.00 bits per heavy atom. The van der Waals surface area contributed by atoms with Gasteiger partial charge in [0.25, 0.3) is 0 Å². The molecule has 1 aromatic carbocycles. The maximum atomic E-state index is 6.27. The van der Waals surface area contributed by atoms with Gasteiger partial charge in [0.1, 0.15) is 0 Å². The second-order valence-corrected chi connectivity index (χ2v) is 4.51. The third-order valence-corrected chi connectivity index (χ3v) is 3.15. The van der Waals surface area contributed by atoms with Crippen molar-refractivity contribution in [3.8, 4) is 0 Å². The Morgan fingerprint density at radius 1 is 1.35 bits per heavy atom. The number of hydrogen-bond donors (Lipinski definition) is 1. The predicted molar refractivity (Wildman–Crippen MR) is 74.3 cm³/mol. The van der Waals surface area contributed by atoms with Gasteiger partial charge in [0.15, 0.2) is 0 Å². The van der Waals surface area contributed by atoms with E-state index >= 15 is 0 Å². The van der Waals surface area contributed by atoms with Crippen LogP contribution in [0.1, 0.15) is 18.5 Å². The second kappa shape index (κ2) is 6.45. The van der Waals surface area contributed by atoms with Crippen molar-refractivity contribution in [1.29, 1.82) is 0 Å². The lowest BCUT2D eigenvalue weighted by Gasteiger charge is -2.29. The zero-order valence-electron chi connectivity index (χ0n) is 9.86. The highest BCUT2D eigenvalue weighted by Crippen LogP contribution is 2.28. The fraction of sp³-hybridized carbons (Fsp3) is 0.500. The molecular formula is C12H18Cl2N2O. The van der Waals surface area contributed by atoms with Gasteiger partial charge >= 0.3 is 0 Å². The normalized spacial score (nSPS) is 17.5. The number of nitrogens with zero attached hydrogens (tertiary/aromatic N) is 1. The first-order valence-electron chi connectivity index (χ1n) is 5.56. The van der Waals surface area contributed by atoms with Gasteiger partial charge in [0.2, 0.25) is 0 Å². The molecule has 0 aromatic heterocycles. The van der Waals surface area contributed by atoms with Crippen molar-refractivity contribution in [3.63, 3.8) is 0 Å². The monoisotopic (exact) mass is 276 g/mol. The van der Waals surface area contributed by atoms with Crippen LogP contribution in [0.5, 0.6) is 0 Å². The van der Waals surface area contributed by atoms with Crippen LogP contribution in [0, 0.1) is 0 Å². The van der Waals surface area contributed by atoms with Gasteiger partial charge in [-0.25, -0.2) is 0 Å². The molecule has 3 nitrogen and oxygen atoms in total. The van der Waals surface area contributed by atoms with Crippen molar-refractivity contribution in [2.75, 3.05) is 31.2 Å². The molecule has 17 heavy (non-hydrogen) atoms. The minimum absolute atomic E-state index is 0. The molecule has 1 aromatic rings. The van der Waals surface area contributed by atoms with Crippen molar-refractivity contribution in [2.24, 2.45) is 5.73 Å². The largest absolute Gasteiger partial charge is 0.378 e. The molecule has 2 rings (SSSR count). The summed E-state index contributed by atoms with van der Waals surface area (Å²) in [6.45, 7) is 5.30. The maximum absolute atomic E-state index is 6.27. The molecule has 96 valence electrons. The zero-order chi connectivity index (χ0) is 11.5. The lowest BCUT2D eigenvalue weighted by Crippen LogP contribution is -2.36. The summed E-state index contributed by atoms with van der Waals surface area (Å²) in [4.78, 5) is 2.25. The molecule has 1 saturated heterocycles. The van der Waals surface area contributed by atoms with E-state index in [4.69, 9.17) is 22.1 Å².